The van der Waals surface area contributed by atoms with Crippen molar-refractivity contribution in [3.63, 3.8) is 0 Å². The molecule has 1 heterocycles. The molecule has 2 rings (SSSR count). The van der Waals surface area contributed by atoms with Crippen LogP contribution in [0.1, 0.15) is 13.3 Å². The standard InChI is InChI=1S/C17H28ClN5O2S/c1-3-19-17(20-9-6-10-21-26(2,24)25)23-13-11-22(12-14-23)16-8-5-4-7-15(16)18/h4-5,7-8,21H,3,6,9-14H2,1-2H3,(H,19,20). The second kappa shape index (κ2) is 9.99. The van der Waals surface area contributed by atoms with Crippen molar-refractivity contribution < 1.29 is 8.42 Å². The lowest BCUT2D eigenvalue weighted by molar-refractivity contribution is 0.372. The normalized spacial score (nSPS) is 16.0. The molecule has 0 atom stereocenters. The quantitative estimate of drug-likeness (QED) is 0.410. The zero-order valence-corrected chi connectivity index (χ0v) is 17.0. The van der Waals surface area contributed by atoms with E-state index in [1.165, 1.54) is 6.26 Å². The van der Waals surface area contributed by atoms with Crippen molar-refractivity contribution in [1.29, 1.82) is 0 Å². The highest BCUT2D eigenvalue weighted by atomic mass is 35.5. The highest BCUT2D eigenvalue weighted by Crippen LogP contribution is 2.25. The van der Waals surface area contributed by atoms with E-state index in [9.17, 15) is 8.42 Å². The van der Waals surface area contributed by atoms with Crippen molar-refractivity contribution in [2.75, 3.05) is 57.0 Å². The van der Waals surface area contributed by atoms with E-state index in [4.69, 9.17) is 11.6 Å². The van der Waals surface area contributed by atoms with E-state index >= 15 is 0 Å². The maximum absolute atomic E-state index is 11.1. The average Bonchev–Trinajstić information content (AvgIpc) is 2.60. The van der Waals surface area contributed by atoms with Gasteiger partial charge in [-0.15, -0.1) is 0 Å². The summed E-state index contributed by atoms with van der Waals surface area (Å²) in [5, 5.41) is 4.10. The summed E-state index contributed by atoms with van der Waals surface area (Å²) in [7, 11) is -3.13. The average molecular weight is 402 g/mol. The number of hydrogen-bond donors (Lipinski definition) is 2. The van der Waals surface area contributed by atoms with Gasteiger partial charge in [0.05, 0.1) is 17.0 Å². The predicted octanol–water partition coefficient (Wildman–Crippen LogP) is 1.37. The topological polar surface area (TPSA) is 77.0 Å². The van der Waals surface area contributed by atoms with Gasteiger partial charge < -0.3 is 15.1 Å². The maximum Gasteiger partial charge on any atom is 0.208 e. The summed E-state index contributed by atoms with van der Waals surface area (Å²) in [5.74, 6) is 0.880. The Balaban J connectivity index is 1.87. The summed E-state index contributed by atoms with van der Waals surface area (Å²) in [5.41, 5.74) is 1.07. The molecule has 9 heteroatoms. The van der Waals surface area contributed by atoms with Gasteiger partial charge in [-0.05, 0) is 25.5 Å². The van der Waals surface area contributed by atoms with Crippen molar-refractivity contribution in [3.05, 3.63) is 29.3 Å². The van der Waals surface area contributed by atoms with Crippen molar-refractivity contribution in [2.24, 2.45) is 4.99 Å². The van der Waals surface area contributed by atoms with Crippen LogP contribution in [0.5, 0.6) is 0 Å². The van der Waals surface area contributed by atoms with Crippen LogP contribution in [0.4, 0.5) is 5.69 Å². The van der Waals surface area contributed by atoms with Gasteiger partial charge in [0.1, 0.15) is 0 Å². The number of hydrogen-bond acceptors (Lipinski definition) is 4. The van der Waals surface area contributed by atoms with Crippen LogP contribution in [0.2, 0.25) is 5.02 Å². The molecule has 0 aliphatic carbocycles. The Morgan fingerprint density at radius 2 is 1.92 bits per heavy atom. The molecule has 0 radical (unpaired) electrons. The minimum absolute atomic E-state index is 0.405. The fourth-order valence-electron chi connectivity index (χ4n) is 2.81. The fraction of sp³-hybridized carbons (Fsp3) is 0.588. The van der Waals surface area contributed by atoms with Gasteiger partial charge in [-0.2, -0.15) is 0 Å². The molecule has 7 nitrogen and oxygen atoms in total. The van der Waals surface area contributed by atoms with E-state index in [1.54, 1.807) is 0 Å². The van der Waals surface area contributed by atoms with E-state index < -0.39 is 10.0 Å². The molecule has 1 aromatic carbocycles. The highest BCUT2D eigenvalue weighted by molar-refractivity contribution is 7.88. The Kier molecular flexibility index (Phi) is 7.99. The predicted molar refractivity (Wildman–Crippen MR) is 109 cm³/mol. The molecule has 1 aromatic rings. The van der Waals surface area contributed by atoms with Crippen LogP contribution >= 0.6 is 11.6 Å². The third kappa shape index (κ3) is 6.66. The van der Waals surface area contributed by atoms with Crippen molar-refractivity contribution >= 4 is 33.3 Å². The Bertz CT molecular complexity index is 703. The Morgan fingerprint density at radius 1 is 1.23 bits per heavy atom. The molecule has 0 aromatic heterocycles. The second-order valence-corrected chi connectivity index (χ2v) is 8.42. The smallest absolute Gasteiger partial charge is 0.208 e. The molecule has 0 amide bonds. The monoisotopic (exact) mass is 401 g/mol. The van der Waals surface area contributed by atoms with Crippen LogP contribution in [0, 0.1) is 0 Å². The van der Waals surface area contributed by atoms with Gasteiger partial charge in [-0.1, -0.05) is 23.7 Å². The summed E-state index contributed by atoms with van der Waals surface area (Å²) >= 11 is 6.30. The number of piperazine rings is 1. The van der Waals surface area contributed by atoms with Gasteiger partial charge in [0.15, 0.2) is 5.96 Å². The van der Waals surface area contributed by atoms with Crippen molar-refractivity contribution in [1.82, 2.24) is 14.9 Å². The van der Waals surface area contributed by atoms with Gasteiger partial charge >= 0.3 is 0 Å². The van der Waals surface area contributed by atoms with Gasteiger partial charge in [0.25, 0.3) is 0 Å². The number of nitrogens with one attached hydrogen (secondary N) is 2. The van der Waals surface area contributed by atoms with Crippen LogP contribution in [0.15, 0.2) is 29.3 Å². The number of guanidine groups is 1. The first kappa shape index (κ1) is 20.8. The molecule has 1 aliphatic rings. The van der Waals surface area contributed by atoms with Gasteiger partial charge in [-0.3, -0.25) is 4.99 Å². The lowest BCUT2D eigenvalue weighted by Crippen LogP contribution is -2.52. The summed E-state index contributed by atoms with van der Waals surface area (Å²) in [6.45, 7) is 7.30. The van der Waals surface area contributed by atoms with E-state index in [0.29, 0.717) is 19.5 Å². The Labute approximate surface area is 161 Å². The van der Waals surface area contributed by atoms with E-state index in [-0.39, 0.29) is 0 Å². The van der Waals surface area contributed by atoms with Crippen LogP contribution in [0.3, 0.4) is 0 Å². The van der Waals surface area contributed by atoms with Crippen LogP contribution < -0.4 is 14.9 Å². The number of rotatable bonds is 7. The number of halogens is 1. The zero-order valence-electron chi connectivity index (χ0n) is 15.4. The molecule has 1 aliphatic heterocycles. The van der Waals surface area contributed by atoms with Crippen molar-refractivity contribution in [2.45, 2.75) is 13.3 Å². The van der Waals surface area contributed by atoms with Crippen LogP contribution in [-0.2, 0) is 10.0 Å². The lowest BCUT2D eigenvalue weighted by Gasteiger charge is -2.38. The molecular weight excluding hydrogens is 374 g/mol. The lowest BCUT2D eigenvalue weighted by atomic mass is 10.2. The van der Waals surface area contributed by atoms with E-state index in [1.807, 2.05) is 31.2 Å². The number of sulfonamides is 1. The molecule has 0 unspecified atom stereocenters. The number of anilines is 1. The zero-order chi connectivity index (χ0) is 19.0. The van der Waals surface area contributed by atoms with Gasteiger partial charge in [-0.25, -0.2) is 13.1 Å². The first-order chi connectivity index (χ1) is 12.4. The first-order valence-electron chi connectivity index (χ1n) is 8.88. The molecule has 1 fully saturated rings. The van der Waals surface area contributed by atoms with E-state index in [0.717, 1.165) is 49.4 Å². The SMILES string of the molecule is CCNC(=NCCCNS(C)(=O)=O)N1CCN(c2ccccc2Cl)CC1. The minimum atomic E-state index is -3.13. The van der Waals surface area contributed by atoms with Gasteiger partial charge in [0, 0.05) is 45.8 Å². The number of nitrogens with zero attached hydrogens (tertiary/aromatic N) is 3. The van der Waals surface area contributed by atoms with Crippen LogP contribution in [0.25, 0.3) is 0 Å². The molecule has 2 N–H and O–H groups in total. The summed E-state index contributed by atoms with van der Waals surface area (Å²) in [4.78, 5) is 9.15. The van der Waals surface area contributed by atoms with Gasteiger partial charge in [0.2, 0.25) is 10.0 Å². The highest BCUT2D eigenvalue weighted by Gasteiger charge is 2.20. The molecule has 26 heavy (non-hydrogen) atoms. The molecule has 0 spiro atoms. The van der Waals surface area contributed by atoms with Crippen LogP contribution in [-0.4, -0.2) is 71.3 Å². The summed E-state index contributed by atoms with van der Waals surface area (Å²) in [6, 6.07) is 7.91. The molecule has 0 bridgehead atoms. The van der Waals surface area contributed by atoms with Crippen molar-refractivity contribution in [3.8, 4) is 0 Å². The number of aliphatic imine (C=N–C) groups is 1. The maximum atomic E-state index is 11.1. The molecule has 0 saturated carbocycles. The number of benzene rings is 1. The summed E-state index contributed by atoms with van der Waals surface area (Å²) in [6.07, 6.45) is 1.83. The van der Waals surface area contributed by atoms with E-state index in [2.05, 4.69) is 24.8 Å². The largest absolute Gasteiger partial charge is 0.367 e. The summed E-state index contributed by atoms with van der Waals surface area (Å²) < 4.78 is 24.6. The molecule has 146 valence electrons. The fourth-order valence-corrected chi connectivity index (χ4v) is 3.59. The Hall–Kier alpha value is -1.51. The molecular formula is C17H28ClN5O2S. The third-order valence-corrected chi connectivity index (χ3v) is 5.12. The number of para-hydroxylation sites is 1. The third-order valence-electron chi connectivity index (χ3n) is 4.07. The second-order valence-electron chi connectivity index (χ2n) is 6.18. The minimum Gasteiger partial charge on any atom is -0.367 e. The molecule has 1 saturated heterocycles. The first-order valence-corrected chi connectivity index (χ1v) is 11.1. The Morgan fingerprint density at radius 3 is 2.54 bits per heavy atom.